The lowest BCUT2D eigenvalue weighted by Crippen LogP contribution is -2.48. The molecular formula is C13H10N4O5S. The third-order valence-corrected chi connectivity index (χ3v) is 2.81. The largest absolute Gasteiger partial charge is 0.459 e. The van der Waals surface area contributed by atoms with Gasteiger partial charge < -0.3 is 4.42 Å². The standard InChI is InChI=1S/C13H10N4O5S/c18-11(8-3-5-9(6-4-8)17(20)21)15-16-13(23)14-12(19)10-2-1-7-22-10/h1-7H,(H,15,18)(H2,14,16,19,23). The van der Waals surface area contributed by atoms with Crippen molar-refractivity contribution in [2.24, 2.45) is 0 Å². The molecule has 0 saturated heterocycles. The summed E-state index contributed by atoms with van der Waals surface area (Å²) in [5.74, 6) is -1.08. The smallest absolute Gasteiger partial charge is 0.293 e. The maximum absolute atomic E-state index is 11.8. The first-order chi connectivity index (χ1) is 11.0. The van der Waals surface area contributed by atoms with Crippen LogP contribution in [0.15, 0.2) is 47.1 Å². The van der Waals surface area contributed by atoms with Crippen molar-refractivity contribution in [3.05, 3.63) is 64.1 Å². The molecule has 0 fully saturated rings. The molecule has 0 saturated carbocycles. The van der Waals surface area contributed by atoms with Crippen LogP contribution in [0.2, 0.25) is 0 Å². The number of nitrogens with one attached hydrogen (secondary N) is 3. The van der Waals surface area contributed by atoms with Crippen LogP contribution in [0.4, 0.5) is 5.69 Å². The summed E-state index contributed by atoms with van der Waals surface area (Å²) in [4.78, 5) is 33.4. The van der Waals surface area contributed by atoms with E-state index in [1.807, 2.05) is 0 Å². The molecule has 10 heteroatoms. The van der Waals surface area contributed by atoms with Gasteiger partial charge in [-0.15, -0.1) is 0 Å². The summed E-state index contributed by atoms with van der Waals surface area (Å²) in [6.45, 7) is 0. The van der Waals surface area contributed by atoms with Gasteiger partial charge in [0.15, 0.2) is 10.9 Å². The van der Waals surface area contributed by atoms with E-state index in [-0.39, 0.29) is 22.1 Å². The van der Waals surface area contributed by atoms with Crippen LogP contribution in [0, 0.1) is 10.1 Å². The van der Waals surface area contributed by atoms with Gasteiger partial charge in [0.2, 0.25) is 0 Å². The van der Waals surface area contributed by atoms with Crippen molar-refractivity contribution in [3.8, 4) is 0 Å². The number of thiocarbonyl (C=S) groups is 1. The topological polar surface area (TPSA) is 127 Å². The average Bonchev–Trinajstić information content (AvgIpc) is 3.07. The van der Waals surface area contributed by atoms with Crippen molar-refractivity contribution < 1.29 is 18.9 Å². The Bertz CT molecular complexity index is 742. The average molecular weight is 334 g/mol. The molecule has 1 heterocycles. The molecule has 0 aliphatic rings. The molecule has 2 aromatic rings. The minimum atomic E-state index is -0.575. The van der Waals surface area contributed by atoms with Crippen molar-refractivity contribution in [2.45, 2.75) is 0 Å². The van der Waals surface area contributed by atoms with E-state index in [1.165, 1.54) is 36.6 Å². The van der Waals surface area contributed by atoms with Gasteiger partial charge in [0.25, 0.3) is 17.5 Å². The molecule has 0 atom stereocenters. The quantitative estimate of drug-likeness (QED) is 0.436. The fraction of sp³-hybridized carbons (Fsp3) is 0. The molecule has 0 unspecified atom stereocenters. The molecule has 2 rings (SSSR count). The number of hydrogen-bond donors (Lipinski definition) is 3. The van der Waals surface area contributed by atoms with E-state index in [9.17, 15) is 19.7 Å². The van der Waals surface area contributed by atoms with Crippen LogP contribution in [0.1, 0.15) is 20.9 Å². The van der Waals surface area contributed by atoms with Gasteiger partial charge >= 0.3 is 0 Å². The molecule has 23 heavy (non-hydrogen) atoms. The van der Waals surface area contributed by atoms with Crippen molar-refractivity contribution in [1.29, 1.82) is 0 Å². The van der Waals surface area contributed by atoms with Crippen LogP contribution in [-0.2, 0) is 0 Å². The Morgan fingerprint density at radius 1 is 1.09 bits per heavy atom. The Balaban J connectivity index is 1.85. The van der Waals surface area contributed by atoms with Crippen LogP contribution in [0.3, 0.4) is 0 Å². The van der Waals surface area contributed by atoms with Gasteiger partial charge in [-0.2, -0.15) is 0 Å². The number of hydrogen-bond acceptors (Lipinski definition) is 6. The molecule has 1 aromatic heterocycles. The Hall–Kier alpha value is -3.27. The SMILES string of the molecule is O=C(NNC(=S)NC(=O)c1ccco1)c1ccc([N+](=O)[O-])cc1. The molecule has 0 aliphatic heterocycles. The van der Waals surface area contributed by atoms with Gasteiger partial charge in [-0.05, 0) is 36.5 Å². The first-order valence-electron chi connectivity index (χ1n) is 6.17. The van der Waals surface area contributed by atoms with Gasteiger partial charge in [-0.3, -0.25) is 35.9 Å². The second-order valence-corrected chi connectivity index (χ2v) is 4.55. The zero-order valence-corrected chi connectivity index (χ0v) is 12.3. The van der Waals surface area contributed by atoms with E-state index in [0.29, 0.717) is 0 Å². The van der Waals surface area contributed by atoms with Crippen LogP contribution in [-0.4, -0.2) is 21.9 Å². The highest BCUT2D eigenvalue weighted by Crippen LogP contribution is 2.11. The second-order valence-electron chi connectivity index (χ2n) is 4.14. The van der Waals surface area contributed by atoms with Crippen molar-refractivity contribution in [3.63, 3.8) is 0 Å². The molecular weight excluding hydrogens is 324 g/mol. The van der Waals surface area contributed by atoms with Crippen molar-refractivity contribution in [2.75, 3.05) is 0 Å². The number of benzene rings is 1. The highest BCUT2D eigenvalue weighted by molar-refractivity contribution is 7.80. The Morgan fingerprint density at radius 3 is 2.35 bits per heavy atom. The van der Waals surface area contributed by atoms with E-state index in [0.717, 1.165) is 0 Å². The minimum absolute atomic E-state index is 0.0656. The van der Waals surface area contributed by atoms with E-state index in [2.05, 4.69) is 16.2 Å². The zero-order chi connectivity index (χ0) is 16.8. The summed E-state index contributed by atoms with van der Waals surface area (Å²) in [6, 6.07) is 7.98. The first kappa shape index (κ1) is 16.1. The Morgan fingerprint density at radius 2 is 1.78 bits per heavy atom. The van der Waals surface area contributed by atoms with Crippen molar-refractivity contribution in [1.82, 2.24) is 16.2 Å². The number of non-ortho nitro benzene ring substituents is 1. The normalized spacial score (nSPS) is 9.74. The van der Waals surface area contributed by atoms with Crippen LogP contribution in [0.5, 0.6) is 0 Å². The summed E-state index contributed by atoms with van der Waals surface area (Å²) in [5.41, 5.74) is 4.64. The third-order valence-electron chi connectivity index (χ3n) is 2.60. The predicted molar refractivity (Wildman–Crippen MR) is 82.5 cm³/mol. The lowest BCUT2D eigenvalue weighted by Gasteiger charge is -2.09. The summed E-state index contributed by atoms with van der Waals surface area (Å²) in [6.07, 6.45) is 1.34. The van der Waals surface area contributed by atoms with E-state index >= 15 is 0 Å². The maximum Gasteiger partial charge on any atom is 0.293 e. The summed E-state index contributed by atoms with van der Waals surface area (Å²) < 4.78 is 4.88. The molecule has 9 nitrogen and oxygen atoms in total. The second kappa shape index (κ2) is 7.13. The van der Waals surface area contributed by atoms with Gasteiger partial charge in [0.1, 0.15) is 0 Å². The lowest BCUT2D eigenvalue weighted by atomic mass is 10.2. The number of amides is 2. The Labute approximate surface area is 134 Å². The van der Waals surface area contributed by atoms with E-state index in [1.54, 1.807) is 6.07 Å². The molecule has 1 aromatic carbocycles. The van der Waals surface area contributed by atoms with E-state index < -0.39 is 16.7 Å². The van der Waals surface area contributed by atoms with Gasteiger partial charge in [0.05, 0.1) is 11.2 Å². The molecule has 0 radical (unpaired) electrons. The number of nitro benzene ring substituents is 1. The first-order valence-corrected chi connectivity index (χ1v) is 6.58. The number of nitro groups is 1. The number of furan rings is 1. The number of hydrazine groups is 1. The van der Waals surface area contributed by atoms with Crippen molar-refractivity contribution >= 4 is 34.8 Å². The lowest BCUT2D eigenvalue weighted by molar-refractivity contribution is -0.384. The highest BCUT2D eigenvalue weighted by Gasteiger charge is 2.12. The highest BCUT2D eigenvalue weighted by atomic mass is 32.1. The fourth-order valence-corrected chi connectivity index (χ4v) is 1.67. The van der Waals surface area contributed by atoms with Crippen LogP contribution >= 0.6 is 12.2 Å². The fourth-order valence-electron chi connectivity index (χ4n) is 1.52. The third kappa shape index (κ3) is 4.35. The van der Waals surface area contributed by atoms with Crippen LogP contribution in [0.25, 0.3) is 0 Å². The monoisotopic (exact) mass is 334 g/mol. The maximum atomic E-state index is 11.8. The summed E-state index contributed by atoms with van der Waals surface area (Å²) in [5, 5.41) is 12.7. The number of nitrogens with zero attached hydrogens (tertiary/aromatic N) is 1. The molecule has 118 valence electrons. The number of carbonyl (C=O) groups excluding carboxylic acids is 2. The Kier molecular flexibility index (Phi) is 5.00. The van der Waals surface area contributed by atoms with Gasteiger partial charge in [0, 0.05) is 17.7 Å². The number of carbonyl (C=O) groups is 2. The molecule has 0 spiro atoms. The molecule has 0 bridgehead atoms. The number of rotatable bonds is 3. The molecule has 3 N–H and O–H groups in total. The van der Waals surface area contributed by atoms with Gasteiger partial charge in [-0.1, -0.05) is 0 Å². The zero-order valence-electron chi connectivity index (χ0n) is 11.4. The van der Waals surface area contributed by atoms with E-state index in [4.69, 9.17) is 16.6 Å². The molecule has 0 aliphatic carbocycles. The summed E-state index contributed by atoms with van der Waals surface area (Å²) in [7, 11) is 0. The predicted octanol–water partition coefficient (Wildman–Crippen LogP) is 1.14. The van der Waals surface area contributed by atoms with Crippen LogP contribution < -0.4 is 16.2 Å². The van der Waals surface area contributed by atoms with Gasteiger partial charge in [-0.25, -0.2) is 0 Å². The minimum Gasteiger partial charge on any atom is -0.459 e. The molecule has 2 amide bonds. The summed E-state index contributed by atoms with van der Waals surface area (Å²) >= 11 is 4.84.